The van der Waals surface area contributed by atoms with Gasteiger partial charge >= 0.3 is 11.7 Å². The summed E-state index contributed by atoms with van der Waals surface area (Å²) in [5.74, 6) is 0.133. The first-order chi connectivity index (χ1) is 16.3. The highest BCUT2D eigenvalue weighted by Crippen LogP contribution is 2.30. The van der Waals surface area contributed by atoms with E-state index in [1.807, 2.05) is 36.4 Å². The molecule has 0 saturated heterocycles. The highest BCUT2D eigenvalue weighted by molar-refractivity contribution is 6.33. The van der Waals surface area contributed by atoms with Gasteiger partial charge in [-0.25, -0.2) is 9.59 Å². The molecular weight excluding hydrogens is 458 g/mol. The normalized spacial score (nSPS) is 10.9. The molecule has 0 aliphatic carbocycles. The zero-order chi connectivity index (χ0) is 24.4. The summed E-state index contributed by atoms with van der Waals surface area (Å²) in [5, 5.41) is 12.8. The number of hydrogen-bond donors (Lipinski definition) is 2. The number of benzene rings is 3. The smallest absolute Gasteiger partial charge is 0.335 e. The second-order valence-corrected chi connectivity index (χ2v) is 8.26. The number of carbonyl (C=O) groups is 1. The highest BCUT2D eigenvalue weighted by Gasteiger charge is 2.11. The van der Waals surface area contributed by atoms with E-state index in [1.165, 1.54) is 12.1 Å². The van der Waals surface area contributed by atoms with Gasteiger partial charge in [0.2, 0.25) is 0 Å². The number of fused-ring (bicyclic) bond motifs is 1. The molecule has 0 aliphatic rings. The molecule has 0 saturated carbocycles. The van der Waals surface area contributed by atoms with E-state index >= 15 is 0 Å². The van der Waals surface area contributed by atoms with Crippen LogP contribution >= 0.6 is 11.6 Å². The fourth-order valence-electron chi connectivity index (χ4n) is 3.74. The van der Waals surface area contributed by atoms with Crippen LogP contribution in [0.4, 0.5) is 5.69 Å². The number of halogens is 1. The van der Waals surface area contributed by atoms with Crippen LogP contribution in [-0.4, -0.2) is 27.3 Å². The van der Waals surface area contributed by atoms with Gasteiger partial charge in [-0.3, -0.25) is 9.13 Å². The average Bonchev–Trinajstić information content (AvgIpc) is 3.05. The Morgan fingerprint density at radius 1 is 0.971 bits per heavy atom. The summed E-state index contributed by atoms with van der Waals surface area (Å²) in [5.41, 5.74) is 4.15. The molecule has 0 bridgehead atoms. The first-order valence-corrected chi connectivity index (χ1v) is 10.9. The van der Waals surface area contributed by atoms with Crippen molar-refractivity contribution in [3.05, 3.63) is 86.8 Å². The number of nitrogens with one attached hydrogen (secondary N) is 1. The minimum absolute atomic E-state index is 0.0742. The minimum Gasteiger partial charge on any atom is -0.493 e. The lowest BCUT2D eigenvalue weighted by Crippen LogP contribution is -2.19. The number of methoxy groups -OCH3 is 1. The molecule has 4 rings (SSSR count). The molecule has 9 heteroatoms. The molecule has 0 aliphatic heterocycles. The molecule has 8 nitrogen and oxygen atoms in total. The lowest BCUT2D eigenvalue weighted by molar-refractivity contribution is 0.0697. The summed E-state index contributed by atoms with van der Waals surface area (Å²) in [6, 6.07) is 15.9. The first-order valence-electron chi connectivity index (χ1n) is 10.5. The standard InChI is InChI=1S/C25H24ClN3O5/c1-28-20-8-4-16(10-21(20)29(2)25(28)32)14-34-22-9-5-15(11-23(22)33-3)13-27-19-12-17(24(30)31)6-7-18(19)26/h4-12,27H,13-14H2,1-3H3,(H,30,31). The molecule has 2 N–H and O–H groups in total. The molecule has 0 atom stereocenters. The van der Waals surface area contributed by atoms with Crippen molar-refractivity contribution in [1.29, 1.82) is 0 Å². The van der Waals surface area contributed by atoms with Gasteiger partial charge in [0.25, 0.3) is 0 Å². The number of anilines is 1. The van der Waals surface area contributed by atoms with Crippen molar-refractivity contribution in [2.45, 2.75) is 13.2 Å². The number of carboxylic acids is 1. The number of imidazole rings is 1. The summed E-state index contributed by atoms with van der Waals surface area (Å²) in [6.07, 6.45) is 0. The van der Waals surface area contributed by atoms with Gasteiger partial charge in [-0.1, -0.05) is 23.7 Å². The van der Waals surface area contributed by atoms with Gasteiger partial charge in [-0.05, 0) is 53.6 Å². The van der Waals surface area contributed by atoms with E-state index in [9.17, 15) is 14.7 Å². The lowest BCUT2D eigenvalue weighted by Gasteiger charge is -2.14. The summed E-state index contributed by atoms with van der Waals surface area (Å²) in [6.45, 7) is 0.725. The Kier molecular flexibility index (Phi) is 6.51. The van der Waals surface area contributed by atoms with Crippen molar-refractivity contribution in [3.8, 4) is 11.5 Å². The van der Waals surface area contributed by atoms with Gasteiger partial charge in [0.05, 0.1) is 34.4 Å². The van der Waals surface area contributed by atoms with Crippen LogP contribution in [0.1, 0.15) is 21.5 Å². The molecule has 0 amide bonds. The molecule has 34 heavy (non-hydrogen) atoms. The molecular formula is C25H24ClN3O5. The van der Waals surface area contributed by atoms with Crippen molar-refractivity contribution < 1.29 is 19.4 Å². The summed E-state index contributed by atoms with van der Waals surface area (Å²) in [7, 11) is 5.06. The van der Waals surface area contributed by atoms with Gasteiger partial charge in [0.1, 0.15) is 6.61 Å². The van der Waals surface area contributed by atoms with Gasteiger partial charge < -0.3 is 19.9 Å². The van der Waals surface area contributed by atoms with Crippen LogP contribution in [0.25, 0.3) is 11.0 Å². The lowest BCUT2D eigenvalue weighted by atomic mass is 10.1. The number of hydrogen-bond acceptors (Lipinski definition) is 5. The molecule has 0 fully saturated rings. The number of rotatable bonds is 8. The van der Waals surface area contributed by atoms with Crippen LogP contribution in [0.5, 0.6) is 11.5 Å². The van der Waals surface area contributed by atoms with E-state index in [0.29, 0.717) is 35.4 Å². The highest BCUT2D eigenvalue weighted by atomic mass is 35.5. The average molecular weight is 482 g/mol. The number of aromatic carboxylic acids is 1. The Labute approximate surface area is 200 Å². The molecule has 1 heterocycles. The van der Waals surface area contributed by atoms with E-state index in [1.54, 1.807) is 36.4 Å². The van der Waals surface area contributed by atoms with Crippen LogP contribution in [0.2, 0.25) is 5.02 Å². The summed E-state index contributed by atoms with van der Waals surface area (Å²) >= 11 is 6.19. The van der Waals surface area contributed by atoms with E-state index < -0.39 is 5.97 Å². The molecule has 1 aromatic heterocycles. The zero-order valence-electron chi connectivity index (χ0n) is 19.0. The van der Waals surface area contributed by atoms with Crippen LogP contribution in [0, 0.1) is 0 Å². The Hall–Kier alpha value is -3.91. The van der Waals surface area contributed by atoms with Gasteiger partial charge in [0.15, 0.2) is 11.5 Å². The van der Waals surface area contributed by atoms with Crippen LogP contribution in [0.15, 0.2) is 59.4 Å². The molecule has 0 spiro atoms. The number of carboxylic acid groups (broad SMARTS) is 1. The van der Waals surface area contributed by atoms with Gasteiger partial charge in [0, 0.05) is 20.6 Å². The largest absolute Gasteiger partial charge is 0.493 e. The Morgan fingerprint density at radius 3 is 2.44 bits per heavy atom. The van der Waals surface area contributed by atoms with Crippen molar-refractivity contribution in [1.82, 2.24) is 9.13 Å². The molecule has 176 valence electrons. The summed E-state index contributed by atoms with van der Waals surface area (Å²) in [4.78, 5) is 23.3. The fourth-order valence-corrected chi connectivity index (χ4v) is 3.92. The van der Waals surface area contributed by atoms with E-state index in [4.69, 9.17) is 21.1 Å². The molecule has 0 radical (unpaired) electrons. The first kappa shape index (κ1) is 23.3. The maximum atomic E-state index is 12.1. The third kappa shape index (κ3) is 4.58. The number of ether oxygens (including phenoxy) is 2. The van der Waals surface area contributed by atoms with Gasteiger partial charge in [-0.2, -0.15) is 0 Å². The predicted octanol–water partition coefficient (Wildman–Crippen LogP) is 4.43. The maximum Gasteiger partial charge on any atom is 0.335 e. The van der Waals surface area contributed by atoms with Gasteiger partial charge in [-0.15, -0.1) is 0 Å². The molecule has 0 unspecified atom stereocenters. The fraction of sp³-hybridized carbons (Fsp3) is 0.200. The number of nitrogens with zero attached hydrogens (tertiary/aromatic N) is 2. The second-order valence-electron chi connectivity index (χ2n) is 7.85. The van der Waals surface area contributed by atoms with E-state index in [-0.39, 0.29) is 11.3 Å². The van der Waals surface area contributed by atoms with E-state index in [0.717, 1.165) is 22.2 Å². The monoisotopic (exact) mass is 481 g/mol. The van der Waals surface area contributed by atoms with Crippen LogP contribution in [-0.2, 0) is 27.2 Å². The van der Waals surface area contributed by atoms with E-state index in [2.05, 4.69) is 5.32 Å². The predicted molar refractivity (Wildman–Crippen MR) is 131 cm³/mol. The summed E-state index contributed by atoms with van der Waals surface area (Å²) < 4.78 is 14.7. The second kappa shape index (κ2) is 9.52. The van der Waals surface area contributed by atoms with Crippen molar-refractivity contribution in [2.24, 2.45) is 14.1 Å². The molecule has 3 aromatic carbocycles. The van der Waals surface area contributed by atoms with Crippen LogP contribution < -0.4 is 20.5 Å². The number of aromatic nitrogens is 2. The maximum absolute atomic E-state index is 12.1. The minimum atomic E-state index is -1.02. The third-order valence-corrected chi connectivity index (χ3v) is 5.98. The molecule has 4 aromatic rings. The third-order valence-electron chi connectivity index (χ3n) is 5.66. The Bertz CT molecular complexity index is 1440. The quantitative estimate of drug-likeness (QED) is 0.386. The zero-order valence-corrected chi connectivity index (χ0v) is 19.7. The van der Waals surface area contributed by atoms with Crippen molar-refractivity contribution in [2.75, 3.05) is 12.4 Å². The Balaban J connectivity index is 1.47. The Morgan fingerprint density at radius 2 is 1.71 bits per heavy atom. The topological polar surface area (TPSA) is 94.7 Å². The number of aryl methyl sites for hydroxylation is 2. The van der Waals surface area contributed by atoms with Crippen molar-refractivity contribution >= 4 is 34.3 Å². The van der Waals surface area contributed by atoms with Crippen molar-refractivity contribution in [3.63, 3.8) is 0 Å². The SMILES string of the molecule is COc1cc(CNc2cc(C(=O)O)ccc2Cl)ccc1OCc1ccc2c(c1)n(C)c(=O)n2C. The van der Waals surface area contributed by atoms with Crippen LogP contribution in [0.3, 0.4) is 0 Å².